The first-order valence-corrected chi connectivity index (χ1v) is 5.07. The van der Waals surface area contributed by atoms with Gasteiger partial charge in [0, 0.05) is 18.0 Å². The SMILES string of the molecule is C#CCCC(NC)c1c(F)c(F)c(F)c(F)c1F. The summed E-state index contributed by atoms with van der Waals surface area (Å²) in [6, 6.07) is -1.04. The van der Waals surface area contributed by atoms with E-state index >= 15 is 0 Å². The van der Waals surface area contributed by atoms with Gasteiger partial charge in [-0.2, -0.15) is 0 Å². The summed E-state index contributed by atoms with van der Waals surface area (Å²) in [5.41, 5.74) is -0.885. The van der Waals surface area contributed by atoms with E-state index in [1.54, 1.807) is 0 Å². The second-order valence-electron chi connectivity index (χ2n) is 3.57. The number of halogens is 5. The highest BCUT2D eigenvalue weighted by Gasteiger charge is 2.29. The van der Waals surface area contributed by atoms with Crippen LogP contribution in [0.15, 0.2) is 0 Å². The lowest BCUT2D eigenvalue weighted by molar-refractivity contribution is 0.356. The first kappa shape index (κ1) is 14.5. The summed E-state index contributed by atoms with van der Waals surface area (Å²) in [6.45, 7) is 0. The Morgan fingerprint density at radius 3 is 1.83 bits per heavy atom. The first-order valence-electron chi connectivity index (χ1n) is 5.07. The fraction of sp³-hybridized carbons (Fsp3) is 0.333. The molecule has 1 rings (SSSR count). The standard InChI is InChI=1S/C12H10F5N/c1-3-4-5-6(18-2)7-8(13)10(15)12(17)11(16)9(7)14/h1,6,18H,4-5H2,2H3. The number of hydrogen-bond donors (Lipinski definition) is 1. The smallest absolute Gasteiger partial charge is 0.200 e. The average molecular weight is 263 g/mol. The molecule has 6 heteroatoms. The van der Waals surface area contributed by atoms with Crippen LogP contribution in [0.2, 0.25) is 0 Å². The van der Waals surface area contributed by atoms with Gasteiger partial charge >= 0.3 is 0 Å². The molecular weight excluding hydrogens is 253 g/mol. The Labute approximate surface area is 101 Å². The molecule has 0 saturated carbocycles. The van der Waals surface area contributed by atoms with Crippen molar-refractivity contribution >= 4 is 0 Å². The first-order chi connectivity index (χ1) is 8.45. The minimum absolute atomic E-state index is 0.0609. The third-order valence-corrected chi connectivity index (χ3v) is 2.52. The summed E-state index contributed by atoms with van der Waals surface area (Å²) in [7, 11) is 1.35. The molecule has 1 unspecified atom stereocenters. The molecule has 1 nitrogen and oxygen atoms in total. The lowest BCUT2D eigenvalue weighted by atomic mass is 10.00. The van der Waals surface area contributed by atoms with E-state index in [1.165, 1.54) is 7.05 Å². The fourth-order valence-corrected chi connectivity index (χ4v) is 1.59. The molecule has 0 bridgehead atoms. The topological polar surface area (TPSA) is 12.0 Å². The highest BCUT2D eigenvalue weighted by Crippen LogP contribution is 2.29. The summed E-state index contributed by atoms with van der Waals surface area (Å²) in [6.07, 6.45) is 5.20. The molecular formula is C12H10F5N. The molecule has 18 heavy (non-hydrogen) atoms. The second kappa shape index (κ2) is 5.83. The van der Waals surface area contributed by atoms with Gasteiger partial charge in [0.1, 0.15) is 0 Å². The molecule has 0 spiro atoms. The van der Waals surface area contributed by atoms with E-state index in [0.29, 0.717) is 0 Å². The lowest BCUT2D eigenvalue weighted by Crippen LogP contribution is -2.21. The Morgan fingerprint density at radius 1 is 1.00 bits per heavy atom. The number of terminal acetylenes is 1. The van der Waals surface area contributed by atoms with Gasteiger partial charge in [-0.3, -0.25) is 0 Å². The van der Waals surface area contributed by atoms with E-state index in [-0.39, 0.29) is 12.8 Å². The Kier molecular flexibility index (Phi) is 4.68. The minimum Gasteiger partial charge on any atom is -0.313 e. The van der Waals surface area contributed by atoms with Crippen LogP contribution in [-0.2, 0) is 0 Å². The van der Waals surface area contributed by atoms with Gasteiger partial charge in [-0.1, -0.05) is 0 Å². The highest BCUT2D eigenvalue weighted by molar-refractivity contribution is 5.27. The van der Waals surface area contributed by atoms with Crippen molar-refractivity contribution in [1.82, 2.24) is 5.32 Å². The van der Waals surface area contributed by atoms with Gasteiger partial charge in [0.25, 0.3) is 0 Å². The normalized spacial score (nSPS) is 12.3. The van der Waals surface area contributed by atoms with Gasteiger partial charge < -0.3 is 5.32 Å². The molecule has 0 fully saturated rings. The maximum atomic E-state index is 13.5. The van der Waals surface area contributed by atoms with Gasteiger partial charge in [0.2, 0.25) is 5.82 Å². The fourth-order valence-electron chi connectivity index (χ4n) is 1.59. The number of benzene rings is 1. The van der Waals surface area contributed by atoms with Crippen molar-refractivity contribution in [1.29, 1.82) is 0 Å². The van der Waals surface area contributed by atoms with E-state index in [4.69, 9.17) is 6.42 Å². The third kappa shape index (κ3) is 2.46. The molecule has 0 radical (unpaired) electrons. The van der Waals surface area contributed by atoms with Crippen LogP contribution in [0.5, 0.6) is 0 Å². The maximum absolute atomic E-state index is 13.5. The third-order valence-electron chi connectivity index (χ3n) is 2.52. The average Bonchev–Trinajstić information content (AvgIpc) is 2.38. The van der Waals surface area contributed by atoms with Crippen LogP contribution in [0.25, 0.3) is 0 Å². The van der Waals surface area contributed by atoms with E-state index in [0.717, 1.165) is 0 Å². The van der Waals surface area contributed by atoms with Crippen LogP contribution in [-0.4, -0.2) is 7.05 Å². The summed E-state index contributed by atoms with van der Waals surface area (Å²) < 4.78 is 65.7. The van der Waals surface area contributed by atoms with Crippen molar-refractivity contribution in [3.05, 3.63) is 34.6 Å². The van der Waals surface area contributed by atoms with Crippen molar-refractivity contribution in [3.8, 4) is 12.3 Å². The zero-order valence-electron chi connectivity index (χ0n) is 9.46. The molecule has 0 aliphatic carbocycles. The Bertz CT molecular complexity index is 463. The lowest BCUT2D eigenvalue weighted by Gasteiger charge is -2.18. The summed E-state index contributed by atoms with van der Waals surface area (Å²) in [5, 5.41) is 2.48. The van der Waals surface area contributed by atoms with Gasteiger partial charge in [-0.15, -0.1) is 12.3 Å². The van der Waals surface area contributed by atoms with Crippen LogP contribution in [0.1, 0.15) is 24.4 Å². The van der Waals surface area contributed by atoms with Crippen LogP contribution in [0.4, 0.5) is 22.0 Å². The molecule has 1 N–H and O–H groups in total. The van der Waals surface area contributed by atoms with Crippen molar-refractivity contribution < 1.29 is 22.0 Å². The molecule has 1 aromatic rings. The largest absolute Gasteiger partial charge is 0.313 e. The Hall–Kier alpha value is -1.61. The minimum atomic E-state index is -2.17. The summed E-state index contributed by atoms with van der Waals surface area (Å²) in [5.74, 6) is -7.50. The van der Waals surface area contributed by atoms with Gasteiger partial charge in [0.05, 0.1) is 0 Å². The molecule has 0 heterocycles. The highest BCUT2D eigenvalue weighted by atomic mass is 19.2. The zero-order valence-corrected chi connectivity index (χ0v) is 9.46. The molecule has 0 saturated heterocycles. The predicted octanol–water partition coefficient (Wildman–Crippen LogP) is 3.06. The number of nitrogens with one attached hydrogen (secondary N) is 1. The Balaban J connectivity index is 3.35. The zero-order chi connectivity index (χ0) is 13.9. The van der Waals surface area contributed by atoms with Crippen molar-refractivity contribution in [2.45, 2.75) is 18.9 Å². The van der Waals surface area contributed by atoms with Crippen LogP contribution >= 0.6 is 0 Å². The van der Waals surface area contributed by atoms with E-state index in [9.17, 15) is 22.0 Å². The predicted molar refractivity (Wildman–Crippen MR) is 56.1 cm³/mol. The number of hydrogen-bond acceptors (Lipinski definition) is 1. The van der Waals surface area contributed by atoms with Gasteiger partial charge in [-0.05, 0) is 13.5 Å². The van der Waals surface area contributed by atoms with Crippen molar-refractivity contribution in [3.63, 3.8) is 0 Å². The van der Waals surface area contributed by atoms with Crippen molar-refractivity contribution in [2.24, 2.45) is 0 Å². The van der Waals surface area contributed by atoms with Crippen molar-refractivity contribution in [2.75, 3.05) is 7.05 Å². The molecule has 0 amide bonds. The van der Waals surface area contributed by atoms with Crippen LogP contribution in [0, 0.1) is 41.4 Å². The van der Waals surface area contributed by atoms with Gasteiger partial charge in [0.15, 0.2) is 23.3 Å². The quantitative estimate of drug-likeness (QED) is 0.381. The number of rotatable bonds is 4. The van der Waals surface area contributed by atoms with E-state index in [1.807, 2.05) is 0 Å². The summed E-state index contributed by atoms with van der Waals surface area (Å²) >= 11 is 0. The molecule has 98 valence electrons. The molecule has 1 aromatic carbocycles. The van der Waals surface area contributed by atoms with Crippen LogP contribution < -0.4 is 5.32 Å². The monoisotopic (exact) mass is 263 g/mol. The van der Waals surface area contributed by atoms with E-state index in [2.05, 4.69) is 11.2 Å². The van der Waals surface area contributed by atoms with E-state index < -0.39 is 40.7 Å². The summed E-state index contributed by atoms with van der Waals surface area (Å²) in [4.78, 5) is 0. The molecule has 0 aliphatic rings. The second-order valence-corrected chi connectivity index (χ2v) is 3.57. The Morgan fingerprint density at radius 2 is 1.44 bits per heavy atom. The maximum Gasteiger partial charge on any atom is 0.200 e. The molecule has 0 aromatic heterocycles. The molecule has 1 atom stereocenters. The van der Waals surface area contributed by atoms with Gasteiger partial charge in [-0.25, -0.2) is 22.0 Å². The molecule has 0 aliphatic heterocycles. The van der Waals surface area contributed by atoms with Crippen LogP contribution in [0.3, 0.4) is 0 Å².